The van der Waals surface area contributed by atoms with Crippen molar-refractivity contribution in [2.75, 3.05) is 0 Å². The van der Waals surface area contributed by atoms with E-state index >= 15 is 0 Å². The molecule has 1 atom stereocenters. The maximum atomic E-state index is 8.82. The minimum absolute atomic E-state index is 0.451. The first kappa shape index (κ1) is 19.3. The first-order valence-corrected chi connectivity index (χ1v) is 10.5. The van der Waals surface area contributed by atoms with Crippen LogP contribution in [-0.2, 0) is 0 Å². The van der Waals surface area contributed by atoms with E-state index in [-0.39, 0.29) is 0 Å². The molecule has 24 heavy (non-hydrogen) atoms. The zero-order chi connectivity index (χ0) is 16.9. The molecule has 0 heterocycles. The van der Waals surface area contributed by atoms with Crippen LogP contribution in [0.3, 0.4) is 0 Å². The van der Waals surface area contributed by atoms with Gasteiger partial charge in [0.2, 0.25) is 0 Å². The number of rotatable bonds is 1. The molecule has 0 fully saturated rings. The lowest BCUT2D eigenvalue weighted by molar-refractivity contribution is -0.506. The van der Waals surface area contributed by atoms with E-state index in [1.54, 1.807) is 0 Å². The monoisotopic (exact) mass is 330 g/mol. The maximum Gasteiger partial charge on any atom is 0.147 e. The van der Waals surface area contributed by atoms with E-state index in [1.807, 2.05) is 4.68 Å². The summed E-state index contributed by atoms with van der Waals surface area (Å²) in [6.45, 7) is 0. The van der Waals surface area contributed by atoms with Crippen LogP contribution in [-0.4, -0.2) is 16.4 Å². The van der Waals surface area contributed by atoms with Gasteiger partial charge in [-0.3, -0.25) is 4.68 Å². The molecule has 2 heteroatoms. The topological polar surface area (TPSA) is 26.8 Å². The summed E-state index contributed by atoms with van der Waals surface area (Å²) in [4.78, 5) is 0. The van der Waals surface area contributed by atoms with Crippen LogP contribution < -0.4 is 0 Å². The second-order valence-corrected chi connectivity index (χ2v) is 7.59. The third-order valence-corrected chi connectivity index (χ3v) is 5.53. The number of hydrogen-bond acceptors (Lipinski definition) is 0. The van der Waals surface area contributed by atoms with Gasteiger partial charge in [0.25, 0.3) is 0 Å². The standard InChI is InChI=1S/C22H38N2/c23-24(21-17-13-9-5-1-2-6-10-14-18-21)22-19-15-11-7-3-4-8-12-16-20-22/h1,3,5,7,21,23H,2,4,6,8-20H2. The molecule has 0 saturated heterocycles. The van der Waals surface area contributed by atoms with Gasteiger partial charge in [0.05, 0.1) is 0 Å². The Morgan fingerprint density at radius 3 is 1.92 bits per heavy atom. The smallest absolute Gasteiger partial charge is 0.147 e. The Morgan fingerprint density at radius 1 is 0.625 bits per heavy atom. The van der Waals surface area contributed by atoms with Crippen molar-refractivity contribution in [2.24, 2.45) is 0 Å². The number of nitrogens with zero attached hydrogens (tertiary/aromatic N) is 1. The summed E-state index contributed by atoms with van der Waals surface area (Å²) in [5.41, 5.74) is 1.42. The van der Waals surface area contributed by atoms with Crippen LogP contribution in [0.15, 0.2) is 24.3 Å². The first-order valence-electron chi connectivity index (χ1n) is 10.5. The van der Waals surface area contributed by atoms with Crippen LogP contribution in [0.4, 0.5) is 0 Å². The van der Waals surface area contributed by atoms with Crippen molar-refractivity contribution in [1.29, 1.82) is 0 Å². The lowest BCUT2D eigenvalue weighted by Crippen LogP contribution is -2.27. The molecule has 0 aliphatic heterocycles. The summed E-state index contributed by atoms with van der Waals surface area (Å²) in [5, 5.41) is 0. The lowest BCUT2D eigenvalue weighted by atomic mass is 10.0. The molecule has 1 N–H and O–H groups in total. The molecule has 0 aromatic rings. The van der Waals surface area contributed by atoms with Gasteiger partial charge in [-0.25, -0.2) is 0 Å². The highest BCUT2D eigenvalue weighted by molar-refractivity contribution is 5.79. The zero-order valence-corrected chi connectivity index (χ0v) is 15.6. The predicted molar refractivity (Wildman–Crippen MR) is 106 cm³/mol. The SMILES string of the molecule is [NH-][N+](=C1CCCC=CCCCCC1)C1CCCC=CCCCCC1. The van der Waals surface area contributed by atoms with Crippen molar-refractivity contribution < 1.29 is 4.68 Å². The summed E-state index contributed by atoms with van der Waals surface area (Å²) >= 11 is 0. The highest BCUT2D eigenvalue weighted by Gasteiger charge is 2.19. The van der Waals surface area contributed by atoms with Crippen LogP contribution in [0.1, 0.15) is 103 Å². The lowest BCUT2D eigenvalue weighted by Gasteiger charge is -2.21. The Kier molecular flexibility index (Phi) is 9.91. The van der Waals surface area contributed by atoms with Crippen LogP contribution in [0.25, 0.3) is 5.84 Å². The van der Waals surface area contributed by atoms with E-state index in [4.69, 9.17) is 5.84 Å². The molecular formula is C22H38N2. The molecule has 0 amide bonds. The number of hydrogen-bond donors (Lipinski definition) is 0. The summed E-state index contributed by atoms with van der Waals surface area (Å²) in [7, 11) is 0. The molecule has 0 bridgehead atoms. The second-order valence-electron chi connectivity index (χ2n) is 7.59. The van der Waals surface area contributed by atoms with Crippen molar-refractivity contribution in [3.63, 3.8) is 0 Å². The molecule has 2 nitrogen and oxygen atoms in total. The summed E-state index contributed by atoms with van der Waals surface area (Å²) in [5.74, 6) is 8.82. The fraction of sp³-hybridized carbons (Fsp3) is 0.773. The van der Waals surface area contributed by atoms with Gasteiger partial charge in [0.1, 0.15) is 11.8 Å². The van der Waals surface area contributed by atoms with Gasteiger partial charge in [0, 0.05) is 25.7 Å². The fourth-order valence-corrected chi connectivity index (χ4v) is 3.98. The average molecular weight is 331 g/mol. The van der Waals surface area contributed by atoms with Crippen molar-refractivity contribution in [3.05, 3.63) is 30.1 Å². The first-order chi connectivity index (χ1) is 11.9. The summed E-state index contributed by atoms with van der Waals surface area (Å²) in [6.07, 6.45) is 29.3. The molecule has 2 rings (SSSR count). The van der Waals surface area contributed by atoms with Gasteiger partial charge in [-0.05, 0) is 64.2 Å². The number of nitrogens with one attached hydrogen (secondary N) is 1. The Labute approximate surface area is 149 Å². The Bertz CT molecular complexity index is 420. The van der Waals surface area contributed by atoms with E-state index in [9.17, 15) is 0 Å². The molecule has 0 aromatic carbocycles. The molecule has 2 aliphatic rings. The van der Waals surface area contributed by atoms with E-state index < -0.39 is 0 Å². The van der Waals surface area contributed by atoms with Crippen molar-refractivity contribution in [3.8, 4) is 0 Å². The Hall–Kier alpha value is -1.05. The Balaban J connectivity index is 2.00. The molecular weight excluding hydrogens is 292 g/mol. The minimum Gasteiger partial charge on any atom is -0.454 e. The molecule has 0 spiro atoms. The highest BCUT2D eigenvalue weighted by Crippen LogP contribution is 2.19. The maximum absolute atomic E-state index is 8.82. The molecule has 1 unspecified atom stereocenters. The van der Waals surface area contributed by atoms with Gasteiger partial charge in [-0.15, -0.1) is 0 Å². The van der Waals surface area contributed by atoms with Gasteiger partial charge in [-0.1, -0.05) is 37.1 Å². The normalized spacial score (nSPS) is 27.8. The second kappa shape index (κ2) is 12.3. The highest BCUT2D eigenvalue weighted by atomic mass is 15.3. The Morgan fingerprint density at radius 2 is 1.17 bits per heavy atom. The summed E-state index contributed by atoms with van der Waals surface area (Å²) in [6, 6.07) is 0.451. The van der Waals surface area contributed by atoms with Gasteiger partial charge >= 0.3 is 0 Å². The summed E-state index contributed by atoms with van der Waals surface area (Å²) < 4.78 is 1.98. The third kappa shape index (κ3) is 7.68. The zero-order valence-electron chi connectivity index (χ0n) is 15.6. The average Bonchev–Trinajstić information content (AvgIpc) is 2.70. The number of allylic oxidation sites excluding steroid dienone is 4. The van der Waals surface area contributed by atoms with E-state index in [2.05, 4.69) is 24.3 Å². The molecule has 0 aromatic heterocycles. The predicted octanol–water partition coefficient (Wildman–Crippen LogP) is 7.16. The van der Waals surface area contributed by atoms with Crippen molar-refractivity contribution in [1.82, 2.24) is 0 Å². The molecule has 136 valence electrons. The van der Waals surface area contributed by atoms with Crippen LogP contribution in [0.5, 0.6) is 0 Å². The van der Waals surface area contributed by atoms with Crippen molar-refractivity contribution in [2.45, 2.75) is 109 Å². The van der Waals surface area contributed by atoms with Crippen LogP contribution in [0.2, 0.25) is 0 Å². The minimum atomic E-state index is 0.451. The quantitative estimate of drug-likeness (QED) is 0.277. The van der Waals surface area contributed by atoms with Crippen LogP contribution in [0, 0.1) is 0 Å². The van der Waals surface area contributed by atoms with E-state index in [0.29, 0.717) is 6.04 Å². The molecule has 0 radical (unpaired) electrons. The van der Waals surface area contributed by atoms with Crippen molar-refractivity contribution >= 4 is 5.71 Å². The van der Waals surface area contributed by atoms with Gasteiger partial charge < -0.3 is 5.84 Å². The van der Waals surface area contributed by atoms with Gasteiger partial charge in [-0.2, -0.15) is 0 Å². The fourth-order valence-electron chi connectivity index (χ4n) is 3.98. The van der Waals surface area contributed by atoms with Gasteiger partial charge in [0.15, 0.2) is 0 Å². The molecule has 0 saturated carbocycles. The van der Waals surface area contributed by atoms with Crippen LogP contribution >= 0.6 is 0 Å². The largest absolute Gasteiger partial charge is 0.454 e. The van der Waals surface area contributed by atoms with E-state index in [1.165, 1.54) is 95.6 Å². The van der Waals surface area contributed by atoms with E-state index in [0.717, 1.165) is 12.8 Å². The molecule has 2 aliphatic carbocycles. The third-order valence-electron chi connectivity index (χ3n) is 5.53.